The first-order chi connectivity index (χ1) is 9.36. The molecule has 0 saturated heterocycles. The van der Waals surface area contributed by atoms with E-state index in [1.165, 1.54) is 0 Å². The molecule has 0 aliphatic rings. The van der Waals surface area contributed by atoms with Crippen LogP contribution < -0.4 is 10.1 Å². The van der Waals surface area contributed by atoms with Gasteiger partial charge in [0, 0.05) is 6.04 Å². The zero-order valence-electron chi connectivity index (χ0n) is 11.2. The van der Waals surface area contributed by atoms with Gasteiger partial charge in [0.05, 0.1) is 21.7 Å². The summed E-state index contributed by atoms with van der Waals surface area (Å²) in [7, 11) is 0. The first kappa shape index (κ1) is 18.5. The molecule has 1 rings (SSSR count). The Morgan fingerprint density at radius 1 is 0.850 bits per heavy atom. The fraction of sp³-hybridized carbons (Fsp3) is 0.538. The standard InChI is InChI=1S/C13H16Cl5NO/c1-7(2)19-5-3-4-6-20-13-11(17)9(15)8(14)10(16)12(13)18/h7,19H,3-6H2,1-2H3. The lowest BCUT2D eigenvalue weighted by atomic mass is 10.3. The molecule has 7 heteroatoms. The third kappa shape index (κ3) is 5.01. The van der Waals surface area contributed by atoms with E-state index in [9.17, 15) is 0 Å². The van der Waals surface area contributed by atoms with E-state index in [1.54, 1.807) is 0 Å². The van der Waals surface area contributed by atoms with Crippen LogP contribution in [-0.2, 0) is 0 Å². The predicted molar refractivity (Wildman–Crippen MR) is 89.4 cm³/mol. The van der Waals surface area contributed by atoms with Crippen molar-refractivity contribution in [2.75, 3.05) is 13.2 Å². The molecule has 0 unspecified atom stereocenters. The minimum Gasteiger partial charge on any atom is -0.490 e. The van der Waals surface area contributed by atoms with Gasteiger partial charge in [-0.1, -0.05) is 71.9 Å². The molecule has 0 fully saturated rings. The van der Waals surface area contributed by atoms with Gasteiger partial charge < -0.3 is 10.1 Å². The molecule has 0 saturated carbocycles. The smallest absolute Gasteiger partial charge is 0.159 e. The number of hydrogen-bond donors (Lipinski definition) is 1. The quantitative estimate of drug-likeness (QED) is 0.350. The molecule has 0 bridgehead atoms. The lowest BCUT2D eigenvalue weighted by Gasteiger charge is -2.14. The van der Waals surface area contributed by atoms with E-state index in [4.69, 9.17) is 62.7 Å². The Hall–Kier alpha value is 0.430. The van der Waals surface area contributed by atoms with Crippen LogP contribution in [-0.4, -0.2) is 19.2 Å². The maximum Gasteiger partial charge on any atom is 0.159 e. The molecular formula is C13H16Cl5NO. The van der Waals surface area contributed by atoms with Gasteiger partial charge in [0.25, 0.3) is 0 Å². The van der Waals surface area contributed by atoms with Gasteiger partial charge in [0.1, 0.15) is 10.0 Å². The molecule has 114 valence electrons. The van der Waals surface area contributed by atoms with Crippen molar-refractivity contribution >= 4 is 58.0 Å². The fourth-order valence-electron chi connectivity index (χ4n) is 1.50. The largest absolute Gasteiger partial charge is 0.490 e. The van der Waals surface area contributed by atoms with Gasteiger partial charge in [-0.2, -0.15) is 0 Å². The Balaban J connectivity index is 2.57. The van der Waals surface area contributed by atoms with Gasteiger partial charge >= 0.3 is 0 Å². The molecule has 1 aromatic carbocycles. The molecule has 0 aromatic heterocycles. The zero-order valence-corrected chi connectivity index (χ0v) is 15.0. The number of halogens is 5. The average molecular weight is 380 g/mol. The van der Waals surface area contributed by atoms with Crippen LogP contribution in [0.5, 0.6) is 5.75 Å². The van der Waals surface area contributed by atoms with Crippen LogP contribution in [0.1, 0.15) is 26.7 Å². The number of nitrogens with one attached hydrogen (secondary N) is 1. The van der Waals surface area contributed by atoms with E-state index in [-0.39, 0.29) is 30.9 Å². The second kappa shape index (κ2) is 8.77. The summed E-state index contributed by atoms with van der Waals surface area (Å²) in [6.45, 7) is 5.62. The minimum atomic E-state index is 0.136. The van der Waals surface area contributed by atoms with E-state index >= 15 is 0 Å². The molecule has 1 N–H and O–H groups in total. The molecule has 20 heavy (non-hydrogen) atoms. The predicted octanol–water partition coefficient (Wildman–Crippen LogP) is 6.11. The van der Waals surface area contributed by atoms with Crippen molar-refractivity contribution in [2.24, 2.45) is 0 Å². The SMILES string of the molecule is CC(C)NCCCCOc1c(Cl)c(Cl)c(Cl)c(Cl)c1Cl. The number of benzene rings is 1. The van der Waals surface area contributed by atoms with Crippen LogP contribution in [0.4, 0.5) is 0 Å². The molecule has 0 radical (unpaired) electrons. The molecule has 0 heterocycles. The van der Waals surface area contributed by atoms with E-state index < -0.39 is 0 Å². The van der Waals surface area contributed by atoms with Gasteiger partial charge in [0.15, 0.2) is 5.75 Å². The van der Waals surface area contributed by atoms with Crippen molar-refractivity contribution in [1.82, 2.24) is 5.32 Å². The van der Waals surface area contributed by atoms with Crippen molar-refractivity contribution in [3.8, 4) is 5.75 Å². The summed E-state index contributed by atoms with van der Waals surface area (Å²) in [6.07, 6.45) is 1.85. The van der Waals surface area contributed by atoms with Crippen LogP contribution in [0, 0.1) is 0 Å². The van der Waals surface area contributed by atoms with Gasteiger partial charge in [-0.3, -0.25) is 0 Å². The summed E-state index contributed by atoms with van der Waals surface area (Å²) in [4.78, 5) is 0. The Bertz CT molecular complexity index is 436. The molecule has 1 aromatic rings. The summed E-state index contributed by atoms with van der Waals surface area (Å²) in [5, 5.41) is 4.14. The topological polar surface area (TPSA) is 21.3 Å². The number of hydrogen-bond acceptors (Lipinski definition) is 2. The lowest BCUT2D eigenvalue weighted by Crippen LogP contribution is -2.23. The fourth-order valence-corrected chi connectivity index (χ4v) is 2.73. The zero-order chi connectivity index (χ0) is 15.3. The average Bonchev–Trinajstić information content (AvgIpc) is 2.41. The monoisotopic (exact) mass is 377 g/mol. The molecule has 0 aliphatic carbocycles. The Morgan fingerprint density at radius 3 is 1.85 bits per heavy atom. The van der Waals surface area contributed by atoms with E-state index in [2.05, 4.69) is 19.2 Å². The lowest BCUT2D eigenvalue weighted by molar-refractivity contribution is 0.305. The van der Waals surface area contributed by atoms with Crippen molar-refractivity contribution in [1.29, 1.82) is 0 Å². The molecule has 0 spiro atoms. The highest BCUT2D eigenvalue weighted by Crippen LogP contribution is 2.48. The van der Waals surface area contributed by atoms with Crippen LogP contribution in [0.2, 0.25) is 25.1 Å². The number of ether oxygens (including phenoxy) is 1. The second-order valence-electron chi connectivity index (χ2n) is 4.56. The molecular weight excluding hydrogens is 363 g/mol. The van der Waals surface area contributed by atoms with Crippen molar-refractivity contribution in [3.63, 3.8) is 0 Å². The summed E-state index contributed by atoms with van der Waals surface area (Å²) in [5.74, 6) is 0.282. The van der Waals surface area contributed by atoms with E-state index in [0.29, 0.717) is 12.6 Å². The third-order valence-corrected chi connectivity index (χ3v) is 4.78. The van der Waals surface area contributed by atoms with E-state index in [1.807, 2.05) is 0 Å². The summed E-state index contributed by atoms with van der Waals surface area (Å²) < 4.78 is 5.57. The normalized spacial score (nSPS) is 11.2. The highest BCUT2D eigenvalue weighted by molar-refractivity contribution is 6.55. The van der Waals surface area contributed by atoms with Crippen molar-refractivity contribution in [2.45, 2.75) is 32.7 Å². The van der Waals surface area contributed by atoms with Gasteiger partial charge in [-0.05, 0) is 19.4 Å². The Morgan fingerprint density at radius 2 is 1.35 bits per heavy atom. The van der Waals surface area contributed by atoms with Crippen molar-refractivity contribution < 1.29 is 4.74 Å². The molecule has 0 amide bonds. The first-order valence-electron chi connectivity index (χ1n) is 6.23. The number of unbranched alkanes of at least 4 members (excludes halogenated alkanes) is 1. The minimum absolute atomic E-state index is 0.136. The maximum absolute atomic E-state index is 6.06. The van der Waals surface area contributed by atoms with Gasteiger partial charge in [-0.15, -0.1) is 0 Å². The van der Waals surface area contributed by atoms with Crippen LogP contribution >= 0.6 is 58.0 Å². The van der Waals surface area contributed by atoms with Crippen molar-refractivity contribution in [3.05, 3.63) is 25.1 Å². The highest BCUT2D eigenvalue weighted by Gasteiger charge is 2.20. The summed E-state index contributed by atoms with van der Waals surface area (Å²) in [5.41, 5.74) is 0. The van der Waals surface area contributed by atoms with E-state index in [0.717, 1.165) is 19.4 Å². The number of rotatable bonds is 7. The second-order valence-corrected chi connectivity index (χ2v) is 6.45. The summed E-state index contributed by atoms with van der Waals surface area (Å²) >= 11 is 29.9. The molecule has 0 aliphatic heterocycles. The van der Waals surface area contributed by atoms with Crippen LogP contribution in [0.25, 0.3) is 0 Å². The Kier molecular flexibility index (Phi) is 8.10. The van der Waals surface area contributed by atoms with Crippen LogP contribution in [0.15, 0.2) is 0 Å². The Labute approximate surface area is 144 Å². The van der Waals surface area contributed by atoms with Gasteiger partial charge in [-0.25, -0.2) is 0 Å². The maximum atomic E-state index is 6.06. The molecule has 0 atom stereocenters. The highest BCUT2D eigenvalue weighted by atomic mass is 35.5. The van der Waals surface area contributed by atoms with Gasteiger partial charge in [0.2, 0.25) is 0 Å². The third-order valence-electron chi connectivity index (χ3n) is 2.54. The first-order valence-corrected chi connectivity index (χ1v) is 8.12. The summed E-state index contributed by atoms with van der Waals surface area (Å²) in [6, 6.07) is 0.480. The van der Waals surface area contributed by atoms with Crippen LogP contribution in [0.3, 0.4) is 0 Å². The molecule has 2 nitrogen and oxygen atoms in total.